The van der Waals surface area contributed by atoms with Crippen LogP contribution in [0.25, 0.3) is 0 Å². The van der Waals surface area contributed by atoms with Crippen LogP contribution in [0.2, 0.25) is 0 Å². The van der Waals surface area contributed by atoms with E-state index in [0.29, 0.717) is 17.9 Å². The third-order valence-electron chi connectivity index (χ3n) is 4.57. The van der Waals surface area contributed by atoms with Crippen LogP contribution >= 0.6 is 0 Å². The van der Waals surface area contributed by atoms with Crippen LogP contribution in [-0.4, -0.2) is 27.3 Å². The van der Waals surface area contributed by atoms with Gasteiger partial charge < -0.3 is 4.74 Å². The molecular formula is C16H27N3O2. The average Bonchev–Trinajstić information content (AvgIpc) is 2.80. The lowest BCUT2D eigenvalue weighted by Gasteiger charge is -2.36. The molecule has 1 aromatic rings. The van der Waals surface area contributed by atoms with Crippen molar-refractivity contribution >= 4 is 5.97 Å². The first-order chi connectivity index (χ1) is 9.82. The number of aromatic nitrogens is 3. The number of aryl methyl sites for hydroxylation is 1. The number of carbonyl (C=O) groups is 1. The first-order valence-corrected chi connectivity index (χ1v) is 7.91. The molecule has 0 aliphatic heterocycles. The Bertz CT molecular complexity index is 494. The summed E-state index contributed by atoms with van der Waals surface area (Å²) >= 11 is 0. The number of nitrogens with zero attached hydrogens (tertiary/aromatic N) is 3. The van der Waals surface area contributed by atoms with Crippen LogP contribution in [0.1, 0.15) is 75.7 Å². The monoisotopic (exact) mass is 293 g/mol. The first-order valence-electron chi connectivity index (χ1n) is 7.91. The second-order valence-electron chi connectivity index (χ2n) is 7.05. The fourth-order valence-electron chi connectivity index (χ4n) is 3.25. The number of carbonyl (C=O) groups excluding carboxylic acids is 1. The van der Waals surface area contributed by atoms with Gasteiger partial charge in [-0.15, -0.1) is 5.10 Å². The van der Waals surface area contributed by atoms with Crippen LogP contribution in [0.15, 0.2) is 0 Å². The predicted molar refractivity (Wildman–Crippen MR) is 81.1 cm³/mol. The molecule has 1 heterocycles. The van der Waals surface area contributed by atoms with Crippen molar-refractivity contribution in [1.82, 2.24) is 14.8 Å². The zero-order chi connectivity index (χ0) is 15.6. The van der Waals surface area contributed by atoms with Gasteiger partial charge in [-0.3, -0.25) is 4.68 Å². The highest BCUT2D eigenvalue weighted by atomic mass is 16.5. The van der Waals surface area contributed by atoms with Crippen molar-refractivity contribution in [3.05, 3.63) is 11.6 Å². The van der Waals surface area contributed by atoms with Gasteiger partial charge in [0.15, 0.2) is 0 Å². The van der Waals surface area contributed by atoms with Crippen LogP contribution in [0.3, 0.4) is 0 Å². The summed E-state index contributed by atoms with van der Waals surface area (Å²) in [5.74, 6) is 1.86. The Hall–Kier alpha value is -1.39. The van der Waals surface area contributed by atoms with Crippen LogP contribution < -0.4 is 0 Å². The SMILES string of the molecule is CCOC(=O)c1nc(C2CCC(C(C)(C)C)CC2)n(C)n1. The van der Waals surface area contributed by atoms with Gasteiger partial charge in [0.1, 0.15) is 5.82 Å². The Morgan fingerprint density at radius 2 is 1.90 bits per heavy atom. The fraction of sp³-hybridized carbons (Fsp3) is 0.812. The van der Waals surface area contributed by atoms with Crippen molar-refractivity contribution in [2.75, 3.05) is 6.61 Å². The van der Waals surface area contributed by atoms with E-state index in [2.05, 4.69) is 30.9 Å². The Labute approximate surface area is 127 Å². The highest BCUT2D eigenvalue weighted by molar-refractivity contribution is 5.85. The third-order valence-corrected chi connectivity index (χ3v) is 4.57. The second-order valence-corrected chi connectivity index (χ2v) is 7.05. The standard InChI is InChI=1S/C16H27N3O2/c1-6-21-15(20)13-17-14(19(5)18-13)11-7-9-12(10-8-11)16(2,3)4/h11-12H,6-10H2,1-5H3. The number of hydrogen-bond acceptors (Lipinski definition) is 4. The first kappa shape index (κ1) is 16.0. The van der Waals surface area contributed by atoms with E-state index in [4.69, 9.17) is 4.74 Å². The normalized spacial score (nSPS) is 23.1. The topological polar surface area (TPSA) is 57.0 Å². The maximum Gasteiger partial charge on any atom is 0.378 e. The van der Waals surface area contributed by atoms with Gasteiger partial charge in [-0.05, 0) is 43.9 Å². The van der Waals surface area contributed by atoms with E-state index in [9.17, 15) is 4.79 Å². The average molecular weight is 293 g/mol. The zero-order valence-corrected chi connectivity index (χ0v) is 13.8. The number of rotatable bonds is 3. The van der Waals surface area contributed by atoms with Crippen LogP contribution in [-0.2, 0) is 11.8 Å². The summed E-state index contributed by atoms with van der Waals surface area (Å²) in [4.78, 5) is 16.1. The molecule has 21 heavy (non-hydrogen) atoms. The number of esters is 1. The Morgan fingerprint density at radius 3 is 2.43 bits per heavy atom. The summed E-state index contributed by atoms with van der Waals surface area (Å²) in [6.07, 6.45) is 4.68. The summed E-state index contributed by atoms with van der Waals surface area (Å²) in [6.45, 7) is 9.09. The molecule has 0 aromatic carbocycles. The Morgan fingerprint density at radius 1 is 1.29 bits per heavy atom. The lowest BCUT2D eigenvalue weighted by atomic mass is 9.70. The number of hydrogen-bond donors (Lipinski definition) is 0. The molecule has 1 aromatic heterocycles. The summed E-state index contributed by atoms with van der Waals surface area (Å²) in [6, 6.07) is 0. The van der Waals surface area contributed by atoms with Crippen molar-refractivity contribution in [2.45, 2.75) is 59.3 Å². The molecule has 0 spiro atoms. The molecule has 1 aliphatic carbocycles. The summed E-state index contributed by atoms with van der Waals surface area (Å²) in [7, 11) is 1.86. The molecule has 1 fully saturated rings. The van der Waals surface area contributed by atoms with Crippen LogP contribution in [0, 0.1) is 11.3 Å². The minimum atomic E-state index is -0.428. The van der Waals surface area contributed by atoms with Gasteiger partial charge in [-0.1, -0.05) is 20.8 Å². The molecule has 118 valence electrons. The van der Waals surface area contributed by atoms with E-state index in [-0.39, 0.29) is 5.82 Å². The fourth-order valence-corrected chi connectivity index (χ4v) is 3.25. The minimum Gasteiger partial charge on any atom is -0.460 e. The van der Waals surface area contributed by atoms with Gasteiger partial charge in [0.05, 0.1) is 6.61 Å². The highest BCUT2D eigenvalue weighted by Crippen LogP contribution is 2.42. The molecule has 5 heteroatoms. The van der Waals surface area contributed by atoms with Gasteiger partial charge in [-0.2, -0.15) is 0 Å². The quantitative estimate of drug-likeness (QED) is 0.802. The largest absolute Gasteiger partial charge is 0.460 e. The molecule has 0 atom stereocenters. The van der Waals surface area contributed by atoms with Gasteiger partial charge in [0.25, 0.3) is 5.82 Å². The van der Waals surface area contributed by atoms with Crippen LogP contribution in [0.5, 0.6) is 0 Å². The van der Waals surface area contributed by atoms with E-state index < -0.39 is 5.97 Å². The van der Waals surface area contributed by atoms with Gasteiger partial charge in [0, 0.05) is 13.0 Å². The maximum absolute atomic E-state index is 11.7. The Balaban J connectivity index is 2.05. The molecule has 0 N–H and O–H groups in total. The summed E-state index contributed by atoms with van der Waals surface area (Å²) in [5, 5.41) is 4.20. The molecule has 1 saturated carbocycles. The zero-order valence-electron chi connectivity index (χ0n) is 13.8. The van der Waals surface area contributed by atoms with Crippen molar-refractivity contribution in [3.8, 4) is 0 Å². The minimum absolute atomic E-state index is 0.187. The van der Waals surface area contributed by atoms with Gasteiger partial charge in [0.2, 0.25) is 0 Å². The number of ether oxygens (including phenoxy) is 1. The highest BCUT2D eigenvalue weighted by Gasteiger charge is 2.32. The summed E-state index contributed by atoms with van der Waals surface area (Å²) in [5.41, 5.74) is 0.376. The van der Waals surface area contributed by atoms with Crippen LogP contribution in [0.4, 0.5) is 0 Å². The smallest absolute Gasteiger partial charge is 0.378 e. The van der Waals surface area contributed by atoms with Gasteiger partial charge >= 0.3 is 5.97 Å². The van der Waals surface area contributed by atoms with Gasteiger partial charge in [-0.25, -0.2) is 9.78 Å². The predicted octanol–water partition coefficient (Wildman–Crippen LogP) is 3.31. The Kier molecular flexibility index (Phi) is 4.69. The van der Waals surface area contributed by atoms with E-state index in [1.807, 2.05) is 7.05 Å². The molecule has 2 rings (SSSR count). The molecule has 0 saturated heterocycles. The lowest BCUT2D eigenvalue weighted by Crippen LogP contribution is -2.26. The van der Waals surface area contributed by atoms with Crippen molar-refractivity contribution in [1.29, 1.82) is 0 Å². The summed E-state index contributed by atoms with van der Waals surface area (Å²) < 4.78 is 6.71. The molecule has 5 nitrogen and oxygen atoms in total. The third kappa shape index (κ3) is 3.63. The molecular weight excluding hydrogens is 266 g/mol. The van der Waals surface area contributed by atoms with E-state index in [0.717, 1.165) is 24.6 Å². The van der Waals surface area contributed by atoms with Crippen molar-refractivity contribution < 1.29 is 9.53 Å². The van der Waals surface area contributed by atoms with Crippen molar-refractivity contribution in [2.24, 2.45) is 18.4 Å². The molecule has 0 amide bonds. The molecule has 0 unspecified atom stereocenters. The second kappa shape index (κ2) is 6.16. The molecule has 1 aliphatic rings. The van der Waals surface area contributed by atoms with Crippen molar-refractivity contribution in [3.63, 3.8) is 0 Å². The maximum atomic E-state index is 11.7. The van der Waals surface area contributed by atoms with E-state index in [1.165, 1.54) is 12.8 Å². The lowest BCUT2D eigenvalue weighted by molar-refractivity contribution is 0.0511. The van der Waals surface area contributed by atoms with E-state index in [1.54, 1.807) is 11.6 Å². The molecule has 0 radical (unpaired) electrons. The molecule has 0 bridgehead atoms. The van der Waals surface area contributed by atoms with E-state index >= 15 is 0 Å².